The summed E-state index contributed by atoms with van der Waals surface area (Å²) < 4.78 is 30.2. The molecule has 9 heteroatoms. The summed E-state index contributed by atoms with van der Waals surface area (Å²) >= 11 is 0. The first kappa shape index (κ1) is 20.3. The third-order valence-corrected chi connectivity index (χ3v) is 5.36. The number of hydrazone groups is 1. The molecule has 0 atom stereocenters. The van der Waals surface area contributed by atoms with E-state index in [1.54, 1.807) is 48.5 Å². The monoisotopic (exact) mass is 413 g/mol. The molecule has 3 aromatic rings. The summed E-state index contributed by atoms with van der Waals surface area (Å²) in [5.74, 6) is 0.815. The van der Waals surface area contributed by atoms with Gasteiger partial charge in [-0.3, -0.25) is 10.1 Å². The lowest BCUT2D eigenvalue weighted by molar-refractivity contribution is -0.384. The molecule has 0 aliphatic heterocycles. The number of hydrogen-bond acceptors (Lipinski definition) is 6. The van der Waals surface area contributed by atoms with Gasteiger partial charge >= 0.3 is 0 Å². The highest BCUT2D eigenvalue weighted by Crippen LogP contribution is 2.24. The van der Waals surface area contributed by atoms with Crippen LogP contribution in [-0.2, 0) is 16.4 Å². The number of benzene rings is 2. The summed E-state index contributed by atoms with van der Waals surface area (Å²) in [5, 5.41) is 14.5. The van der Waals surface area contributed by atoms with Crippen LogP contribution in [-0.4, -0.2) is 19.6 Å². The summed E-state index contributed by atoms with van der Waals surface area (Å²) in [6.45, 7) is 2.06. The van der Waals surface area contributed by atoms with Crippen molar-refractivity contribution in [1.82, 2.24) is 4.83 Å². The van der Waals surface area contributed by atoms with Crippen molar-refractivity contribution < 1.29 is 17.8 Å². The van der Waals surface area contributed by atoms with Gasteiger partial charge in [0.15, 0.2) is 0 Å². The maximum absolute atomic E-state index is 12.3. The molecule has 0 saturated carbocycles. The SMILES string of the molecule is CCCc1ccc(S(=O)(=O)N/N=C/c2ccc(-c3ccc([N+](=O)[O-])cc3)o2)cc1. The number of sulfonamides is 1. The van der Waals surface area contributed by atoms with E-state index in [1.165, 1.54) is 18.3 Å². The number of nitrogens with one attached hydrogen (secondary N) is 1. The number of non-ortho nitro benzene ring substituents is 1. The Labute approximate surface area is 168 Å². The summed E-state index contributed by atoms with van der Waals surface area (Å²) in [7, 11) is -3.77. The molecule has 0 aliphatic carbocycles. The molecule has 0 amide bonds. The summed E-state index contributed by atoms with van der Waals surface area (Å²) in [5.41, 5.74) is 1.71. The van der Waals surface area contributed by atoms with Crippen molar-refractivity contribution in [3.05, 3.63) is 82.1 Å². The van der Waals surface area contributed by atoms with Gasteiger partial charge in [-0.1, -0.05) is 25.5 Å². The van der Waals surface area contributed by atoms with Crippen molar-refractivity contribution >= 4 is 21.9 Å². The number of aryl methyl sites for hydroxylation is 1. The zero-order valence-electron chi connectivity index (χ0n) is 15.6. The molecule has 1 heterocycles. The van der Waals surface area contributed by atoms with Crippen LogP contribution in [0.3, 0.4) is 0 Å². The highest BCUT2D eigenvalue weighted by atomic mass is 32.2. The molecular weight excluding hydrogens is 394 g/mol. The Kier molecular flexibility index (Phi) is 6.08. The third-order valence-electron chi connectivity index (χ3n) is 4.13. The molecule has 0 bridgehead atoms. The summed E-state index contributed by atoms with van der Waals surface area (Å²) in [4.78, 5) is 12.5. The molecule has 8 nitrogen and oxygen atoms in total. The molecule has 29 heavy (non-hydrogen) atoms. The number of hydrogen-bond donors (Lipinski definition) is 1. The van der Waals surface area contributed by atoms with Crippen molar-refractivity contribution in [1.29, 1.82) is 0 Å². The maximum Gasteiger partial charge on any atom is 0.276 e. The predicted octanol–water partition coefficient (Wildman–Crippen LogP) is 4.12. The van der Waals surface area contributed by atoms with Crippen LogP contribution in [0.2, 0.25) is 0 Å². The average molecular weight is 413 g/mol. The van der Waals surface area contributed by atoms with E-state index in [0.717, 1.165) is 18.4 Å². The van der Waals surface area contributed by atoms with Gasteiger partial charge in [0.1, 0.15) is 11.5 Å². The zero-order chi connectivity index (χ0) is 20.9. The second kappa shape index (κ2) is 8.70. The number of furan rings is 1. The smallest absolute Gasteiger partial charge is 0.276 e. The van der Waals surface area contributed by atoms with Crippen molar-refractivity contribution in [2.75, 3.05) is 0 Å². The highest BCUT2D eigenvalue weighted by Gasteiger charge is 2.12. The molecule has 0 spiro atoms. The fraction of sp³-hybridized carbons (Fsp3) is 0.150. The highest BCUT2D eigenvalue weighted by molar-refractivity contribution is 7.89. The van der Waals surface area contributed by atoms with Crippen LogP contribution in [0.15, 0.2) is 75.1 Å². The van der Waals surface area contributed by atoms with Crippen LogP contribution in [0.25, 0.3) is 11.3 Å². The summed E-state index contributed by atoms with van der Waals surface area (Å²) in [6, 6.07) is 15.8. The lowest BCUT2D eigenvalue weighted by Gasteiger charge is -2.04. The molecule has 0 fully saturated rings. The minimum Gasteiger partial charge on any atom is -0.455 e. The van der Waals surface area contributed by atoms with E-state index in [4.69, 9.17) is 4.42 Å². The second-order valence-electron chi connectivity index (χ2n) is 6.25. The van der Waals surface area contributed by atoms with Crippen molar-refractivity contribution in [3.63, 3.8) is 0 Å². The maximum atomic E-state index is 12.3. The largest absolute Gasteiger partial charge is 0.455 e. The van der Waals surface area contributed by atoms with Gasteiger partial charge in [-0.15, -0.1) is 0 Å². The van der Waals surface area contributed by atoms with Gasteiger partial charge in [-0.05, 0) is 48.4 Å². The minimum atomic E-state index is -3.77. The molecule has 1 N–H and O–H groups in total. The molecule has 1 aromatic heterocycles. The number of rotatable bonds is 8. The fourth-order valence-corrected chi connectivity index (χ4v) is 3.45. The Hall–Kier alpha value is -3.46. The lowest BCUT2D eigenvalue weighted by Crippen LogP contribution is -2.18. The van der Waals surface area contributed by atoms with E-state index in [-0.39, 0.29) is 10.6 Å². The first-order valence-corrected chi connectivity index (χ1v) is 10.4. The van der Waals surface area contributed by atoms with E-state index in [9.17, 15) is 18.5 Å². The van der Waals surface area contributed by atoms with Gasteiger partial charge in [0.2, 0.25) is 0 Å². The summed E-state index contributed by atoms with van der Waals surface area (Å²) in [6.07, 6.45) is 3.12. The van der Waals surface area contributed by atoms with Crippen LogP contribution < -0.4 is 4.83 Å². The molecule has 3 rings (SSSR count). The first-order chi connectivity index (χ1) is 13.9. The quantitative estimate of drug-likeness (QED) is 0.339. The Morgan fingerprint density at radius 1 is 1.07 bits per heavy atom. The topological polar surface area (TPSA) is 115 Å². The zero-order valence-corrected chi connectivity index (χ0v) is 16.4. The third kappa shape index (κ3) is 5.08. The normalized spacial score (nSPS) is 11.6. The van der Waals surface area contributed by atoms with Gasteiger partial charge in [0.05, 0.1) is 16.0 Å². The molecule has 0 radical (unpaired) electrons. The Morgan fingerprint density at radius 2 is 1.76 bits per heavy atom. The van der Waals surface area contributed by atoms with E-state index < -0.39 is 14.9 Å². The van der Waals surface area contributed by atoms with E-state index in [2.05, 4.69) is 16.9 Å². The van der Waals surface area contributed by atoms with Gasteiger partial charge in [0, 0.05) is 17.7 Å². The molecule has 0 unspecified atom stereocenters. The molecule has 2 aromatic carbocycles. The Morgan fingerprint density at radius 3 is 2.38 bits per heavy atom. The van der Waals surface area contributed by atoms with Crippen LogP contribution in [0, 0.1) is 10.1 Å². The van der Waals surface area contributed by atoms with Crippen LogP contribution in [0.4, 0.5) is 5.69 Å². The Bertz CT molecular complexity index is 1120. The van der Waals surface area contributed by atoms with Crippen LogP contribution >= 0.6 is 0 Å². The minimum absolute atomic E-state index is 0.0146. The fourth-order valence-electron chi connectivity index (χ4n) is 2.66. The Balaban J connectivity index is 1.66. The van der Waals surface area contributed by atoms with E-state index >= 15 is 0 Å². The molecule has 0 saturated heterocycles. The molecule has 0 aliphatic rings. The first-order valence-electron chi connectivity index (χ1n) is 8.87. The number of nitrogens with zero attached hydrogens (tertiary/aromatic N) is 2. The second-order valence-corrected chi connectivity index (χ2v) is 7.91. The van der Waals surface area contributed by atoms with Crippen molar-refractivity contribution in [2.45, 2.75) is 24.7 Å². The standard InChI is InChI=1S/C20H19N3O5S/c1-2-3-15-4-11-19(12-5-15)29(26,27)22-21-14-18-10-13-20(28-18)16-6-8-17(9-7-16)23(24)25/h4-14,22H,2-3H2,1H3/b21-14+. The van der Waals surface area contributed by atoms with Crippen molar-refractivity contribution in [3.8, 4) is 11.3 Å². The van der Waals surface area contributed by atoms with Crippen LogP contribution in [0.1, 0.15) is 24.7 Å². The van der Waals surface area contributed by atoms with Gasteiger partial charge < -0.3 is 4.42 Å². The van der Waals surface area contributed by atoms with Crippen molar-refractivity contribution in [2.24, 2.45) is 5.10 Å². The van der Waals surface area contributed by atoms with Gasteiger partial charge in [0.25, 0.3) is 15.7 Å². The molecule has 150 valence electrons. The number of nitro groups is 1. The molecular formula is C20H19N3O5S. The predicted molar refractivity (Wildman–Crippen MR) is 109 cm³/mol. The van der Waals surface area contributed by atoms with E-state index in [0.29, 0.717) is 17.1 Å². The van der Waals surface area contributed by atoms with Gasteiger partial charge in [-0.2, -0.15) is 18.4 Å². The van der Waals surface area contributed by atoms with Crippen LogP contribution in [0.5, 0.6) is 0 Å². The lowest BCUT2D eigenvalue weighted by atomic mass is 10.1. The van der Waals surface area contributed by atoms with Gasteiger partial charge in [-0.25, -0.2) is 0 Å². The average Bonchev–Trinajstić information content (AvgIpc) is 3.17. The van der Waals surface area contributed by atoms with E-state index in [1.807, 2.05) is 0 Å². The number of nitro benzene ring substituents is 1.